The lowest BCUT2D eigenvalue weighted by Crippen LogP contribution is -1.84. The van der Waals surface area contributed by atoms with Crippen molar-refractivity contribution in [2.24, 2.45) is 9.98 Å². The lowest BCUT2D eigenvalue weighted by Gasteiger charge is -1.98. The Morgan fingerprint density at radius 1 is 0.500 bits per heavy atom. The molecule has 0 saturated heterocycles. The van der Waals surface area contributed by atoms with E-state index in [0.717, 1.165) is 33.9 Å². The topological polar surface area (TPSA) is 50.5 Å². The summed E-state index contributed by atoms with van der Waals surface area (Å²) in [5.74, 6) is 0. The summed E-state index contributed by atoms with van der Waals surface area (Å²) in [5, 5.41) is 0. The van der Waals surface area contributed by atoms with Crippen molar-refractivity contribution in [1.29, 1.82) is 0 Å². The molecular formula is C26H20N4. The number of rotatable bonds is 6. The van der Waals surface area contributed by atoms with Crippen LogP contribution in [0, 0.1) is 0 Å². The molecule has 144 valence electrons. The maximum absolute atomic E-state index is 4.46. The Labute approximate surface area is 176 Å². The van der Waals surface area contributed by atoms with Gasteiger partial charge in [0.2, 0.25) is 0 Å². The van der Waals surface area contributed by atoms with Crippen LogP contribution in [0.25, 0.3) is 12.2 Å². The Balaban J connectivity index is 1.36. The maximum Gasteiger partial charge on any atom is 0.0812 e. The monoisotopic (exact) mass is 388 g/mol. The highest BCUT2D eigenvalue weighted by atomic mass is 14.8. The van der Waals surface area contributed by atoms with Gasteiger partial charge in [0, 0.05) is 12.4 Å². The van der Waals surface area contributed by atoms with Crippen molar-refractivity contribution in [2.75, 3.05) is 0 Å². The van der Waals surface area contributed by atoms with E-state index in [4.69, 9.17) is 0 Å². The molecule has 0 fully saturated rings. The van der Waals surface area contributed by atoms with Gasteiger partial charge in [-0.05, 0) is 59.7 Å². The average Bonchev–Trinajstić information content (AvgIpc) is 2.83. The third kappa shape index (κ3) is 5.66. The average molecular weight is 388 g/mol. The van der Waals surface area contributed by atoms with Gasteiger partial charge in [-0.2, -0.15) is 0 Å². The van der Waals surface area contributed by atoms with Crippen molar-refractivity contribution >= 4 is 36.0 Å². The van der Waals surface area contributed by atoms with Crippen molar-refractivity contribution in [3.8, 4) is 0 Å². The molecular weight excluding hydrogens is 368 g/mol. The smallest absolute Gasteiger partial charge is 0.0812 e. The fraction of sp³-hybridized carbons (Fsp3) is 0. The zero-order chi connectivity index (χ0) is 20.4. The molecule has 0 saturated carbocycles. The van der Waals surface area contributed by atoms with E-state index in [1.54, 1.807) is 24.8 Å². The van der Waals surface area contributed by atoms with Crippen LogP contribution in [0.15, 0.2) is 107 Å². The lowest BCUT2D eigenvalue weighted by atomic mass is 10.1. The summed E-state index contributed by atoms with van der Waals surface area (Å²) in [7, 11) is 0. The lowest BCUT2D eigenvalue weighted by molar-refractivity contribution is 1.30. The van der Waals surface area contributed by atoms with Gasteiger partial charge >= 0.3 is 0 Å². The molecule has 4 nitrogen and oxygen atoms in total. The quantitative estimate of drug-likeness (QED) is 0.294. The molecule has 0 amide bonds. The van der Waals surface area contributed by atoms with E-state index < -0.39 is 0 Å². The molecule has 4 rings (SSSR count). The number of aromatic nitrogens is 2. The van der Waals surface area contributed by atoms with E-state index >= 15 is 0 Å². The first-order valence-electron chi connectivity index (χ1n) is 9.64. The molecule has 2 aromatic carbocycles. The number of benzene rings is 2. The number of aliphatic imine (C=N–C) groups is 2. The summed E-state index contributed by atoms with van der Waals surface area (Å²) in [6, 6.07) is 27.7. The van der Waals surface area contributed by atoms with Gasteiger partial charge in [0.1, 0.15) is 0 Å². The van der Waals surface area contributed by atoms with Gasteiger partial charge in [-0.1, -0.05) is 48.6 Å². The van der Waals surface area contributed by atoms with E-state index in [2.05, 4.69) is 32.1 Å². The molecule has 0 aliphatic carbocycles. The van der Waals surface area contributed by atoms with Gasteiger partial charge in [0.25, 0.3) is 0 Å². The highest BCUT2D eigenvalue weighted by molar-refractivity contribution is 5.80. The van der Waals surface area contributed by atoms with Crippen molar-refractivity contribution in [1.82, 2.24) is 9.97 Å². The first-order valence-corrected chi connectivity index (χ1v) is 9.64. The molecule has 0 aliphatic heterocycles. The highest BCUT2D eigenvalue weighted by Crippen LogP contribution is 2.17. The Kier molecular flexibility index (Phi) is 6.28. The van der Waals surface area contributed by atoms with Crippen molar-refractivity contribution in [2.45, 2.75) is 0 Å². The molecule has 30 heavy (non-hydrogen) atoms. The molecule has 0 atom stereocenters. The SMILES string of the molecule is C(=Nc1ccc(/C=C/c2ccc(N=Cc3ccccn3)cc2)cc1)c1ccccn1. The van der Waals surface area contributed by atoms with Crippen LogP contribution in [0.5, 0.6) is 0 Å². The van der Waals surface area contributed by atoms with E-state index in [1.807, 2.05) is 84.9 Å². The molecule has 0 aliphatic rings. The number of hydrogen-bond donors (Lipinski definition) is 0. The molecule has 2 heterocycles. The molecule has 2 aromatic heterocycles. The predicted octanol–water partition coefficient (Wildman–Crippen LogP) is 6.15. The fourth-order valence-electron chi connectivity index (χ4n) is 2.72. The molecule has 4 heteroatoms. The summed E-state index contributed by atoms with van der Waals surface area (Å²) < 4.78 is 0. The van der Waals surface area contributed by atoms with Crippen LogP contribution in [-0.2, 0) is 0 Å². The van der Waals surface area contributed by atoms with Crippen LogP contribution in [0.2, 0.25) is 0 Å². The van der Waals surface area contributed by atoms with Crippen LogP contribution < -0.4 is 0 Å². The third-order valence-electron chi connectivity index (χ3n) is 4.32. The minimum atomic E-state index is 0.842. The second-order valence-corrected chi connectivity index (χ2v) is 6.54. The Morgan fingerprint density at radius 3 is 1.30 bits per heavy atom. The van der Waals surface area contributed by atoms with E-state index in [1.165, 1.54) is 0 Å². The number of hydrogen-bond acceptors (Lipinski definition) is 4. The van der Waals surface area contributed by atoms with E-state index in [-0.39, 0.29) is 0 Å². The highest BCUT2D eigenvalue weighted by Gasteiger charge is 1.93. The summed E-state index contributed by atoms with van der Waals surface area (Å²) in [6.45, 7) is 0. The van der Waals surface area contributed by atoms with Gasteiger partial charge in [0.05, 0.1) is 35.2 Å². The molecule has 0 radical (unpaired) electrons. The number of pyridine rings is 2. The summed E-state index contributed by atoms with van der Waals surface area (Å²) in [5.41, 5.74) is 5.71. The van der Waals surface area contributed by atoms with Crippen molar-refractivity contribution in [3.63, 3.8) is 0 Å². The minimum absolute atomic E-state index is 0.842. The van der Waals surface area contributed by atoms with E-state index in [9.17, 15) is 0 Å². The second kappa shape index (κ2) is 9.85. The molecule has 4 aromatic rings. The Hall–Kier alpha value is -4.18. The van der Waals surface area contributed by atoms with Gasteiger partial charge < -0.3 is 0 Å². The third-order valence-corrected chi connectivity index (χ3v) is 4.32. The van der Waals surface area contributed by atoms with Gasteiger partial charge in [0.15, 0.2) is 0 Å². The van der Waals surface area contributed by atoms with Crippen molar-refractivity contribution < 1.29 is 0 Å². The van der Waals surface area contributed by atoms with Gasteiger partial charge in [-0.15, -0.1) is 0 Å². The van der Waals surface area contributed by atoms with Crippen LogP contribution in [0.4, 0.5) is 11.4 Å². The first-order chi connectivity index (χ1) is 14.8. The van der Waals surface area contributed by atoms with Gasteiger partial charge in [-0.3, -0.25) is 20.0 Å². The molecule has 0 spiro atoms. The standard InChI is InChI=1S/C26H20N4/c1-3-17-27-25(5-1)19-29-23-13-9-21(10-14-23)7-8-22-11-15-24(16-12-22)30-20-26-6-2-4-18-28-26/h1-20H/b8-7+,29-19?,30-20?. The van der Waals surface area contributed by atoms with Crippen molar-refractivity contribution in [3.05, 3.63) is 120 Å². The number of nitrogens with zero attached hydrogens (tertiary/aromatic N) is 4. The maximum atomic E-state index is 4.46. The fourth-order valence-corrected chi connectivity index (χ4v) is 2.72. The molecule has 0 N–H and O–H groups in total. The largest absolute Gasteiger partial charge is 0.255 e. The van der Waals surface area contributed by atoms with Crippen LogP contribution >= 0.6 is 0 Å². The van der Waals surface area contributed by atoms with Crippen LogP contribution in [-0.4, -0.2) is 22.4 Å². The van der Waals surface area contributed by atoms with Crippen LogP contribution in [0.3, 0.4) is 0 Å². The van der Waals surface area contributed by atoms with Gasteiger partial charge in [-0.25, -0.2) is 0 Å². The zero-order valence-corrected chi connectivity index (χ0v) is 16.3. The normalized spacial score (nSPS) is 11.6. The minimum Gasteiger partial charge on any atom is -0.255 e. The molecule has 0 unspecified atom stereocenters. The second-order valence-electron chi connectivity index (χ2n) is 6.54. The summed E-state index contributed by atoms with van der Waals surface area (Å²) in [4.78, 5) is 17.4. The summed E-state index contributed by atoms with van der Waals surface area (Å²) >= 11 is 0. The Bertz CT molecular complexity index is 1050. The van der Waals surface area contributed by atoms with E-state index in [0.29, 0.717) is 0 Å². The predicted molar refractivity (Wildman–Crippen MR) is 125 cm³/mol. The first kappa shape index (κ1) is 19.2. The Morgan fingerprint density at radius 2 is 0.933 bits per heavy atom. The molecule has 0 bridgehead atoms. The van der Waals surface area contributed by atoms with Crippen LogP contribution in [0.1, 0.15) is 22.5 Å². The zero-order valence-electron chi connectivity index (χ0n) is 16.3. The summed E-state index contributed by atoms with van der Waals surface area (Å²) in [6.07, 6.45) is 11.2.